The van der Waals surface area contributed by atoms with Crippen LogP contribution in [0, 0.1) is 17.0 Å². The van der Waals surface area contributed by atoms with E-state index in [0.29, 0.717) is 33.9 Å². The van der Waals surface area contributed by atoms with Crippen molar-refractivity contribution in [2.45, 2.75) is 23.9 Å². The third-order valence-corrected chi connectivity index (χ3v) is 7.33. The van der Waals surface area contributed by atoms with E-state index < -0.39 is 5.25 Å². The highest BCUT2D eigenvalue weighted by Gasteiger charge is 2.24. The van der Waals surface area contributed by atoms with Crippen LogP contribution in [0.25, 0.3) is 5.69 Å². The quantitative estimate of drug-likeness (QED) is 0.116. The van der Waals surface area contributed by atoms with E-state index in [1.165, 1.54) is 11.8 Å². The van der Waals surface area contributed by atoms with Crippen LogP contribution in [0.1, 0.15) is 22.2 Å². The van der Waals surface area contributed by atoms with E-state index in [9.17, 15) is 10.1 Å². The van der Waals surface area contributed by atoms with Crippen LogP contribution in [0.4, 0.5) is 0 Å². The van der Waals surface area contributed by atoms with Crippen molar-refractivity contribution in [2.24, 2.45) is 0 Å². The maximum absolute atomic E-state index is 11.5. The molecular weight excluding hydrogens is 568 g/mol. The van der Waals surface area contributed by atoms with Gasteiger partial charge in [-0.05, 0) is 66.6 Å². The number of aryl methyl sites for hydroxylation is 1. The smallest absolute Gasteiger partial charge is 0.220 e. The van der Waals surface area contributed by atoms with Gasteiger partial charge in [-0.3, -0.25) is 14.7 Å². The second kappa shape index (κ2) is 11.8. The molecule has 0 saturated carbocycles. The molecule has 0 aliphatic carbocycles. The average molecular weight is 590 g/mol. The first-order valence-corrected chi connectivity index (χ1v) is 12.9. The molecule has 1 heterocycles. The Morgan fingerprint density at radius 2 is 1.83 bits per heavy atom. The predicted molar refractivity (Wildman–Crippen MR) is 143 cm³/mol. The lowest BCUT2D eigenvalue weighted by Crippen LogP contribution is -2.11. The lowest BCUT2D eigenvalue weighted by Gasteiger charge is -2.16. The van der Waals surface area contributed by atoms with Crippen molar-refractivity contribution in [3.05, 3.63) is 103 Å². The molecule has 0 fully saturated rings. The molecule has 186 valence electrons. The lowest BCUT2D eigenvalue weighted by molar-refractivity contribution is -0.479. The van der Waals surface area contributed by atoms with Gasteiger partial charge >= 0.3 is 0 Å². The molecule has 0 saturated heterocycles. The van der Waals surface area contributed by atoms with Gasteiger partial charge in [-0.2, -0.15) is 0 Å². The van der Waals surface area contributed by atoms with E-state index in [1.54, 1.807) is 25.3 Å². The Kier molecular flexibility index (Phi) is 8.50. The molecule has 0 spiro atoms. The van der Waals surface area contributed by atoms with E-state index >= 15 is 0 Å². The molecule has 0 aliphatic rings. The number of methoxy groups -OCH3 is 1. The van der Waals surface area contributed by atoms with Crippen LogP contribution in [0.2, 0.25) is 5.02 Å². The average Bonchev–Trinajstić information content (AvgIpc) is 3.23. The summed E-state index contributed by atoms with van der Waals surface area (Å²) in [5, 5.41) is 20.4. The molecule has 4 rings (SSSR count). The minimum absolute atomic E-state index is 0.311. The van der Waals surface area contributed by atoms with E-state index in [0.717, 1.165) is 21.5 Å². The number of hydrogen-bond acceptors (Lipinski definition) is 7. The lowest BCUT2D eigenvalue weighted by atomic mass is 10.1. The fourth-order valence-corrected chi connectivity index (χ4v) is 5.17. The number of hydrogen-bond donors (Lipinski definition) is 0. The van der Waals surface area contributed by atoms with Gasteiger partial charge in [0, 0.05) is 15.1 Å². The molecule has 1 atom stereocenters. The van der Waals surface area contributed by atoms with E-state index in [2.05, 4.69) is 26.1 Å². The molecule has 0 N–H and O–H groups in total. The molecule has 1 aromatic heterocycles. The van der Waals surface area contributed by atoms with Crippen LogP contribution in [0.5, 0.6) is 11.5 Å². The molecule has 36 heavy (non-hydrogen) atoms. The number of nitro groups is 1. The number of thioether (sulfide) groups is 1. The molecule has 0 bridgehead atoms. The summed E-state index contributed by atoms with van der Waals surface area (Å²) in [6, 6.07) is 20.5. The van der Waals surface area contributed by atoms with Crippen molar-refractivity contribution in [2.75, 3.05) is 13.7 Å². The molecule has 0 radical (unpaired) electrons. The fraction of sp³-hybridized carbons (Fsp3) is 0.200. The molecule has 0 unspecified atom stereocenters. The summed E-state index contributed by atoms with van der Waals surface area (Å²) in [4.78, 5) is 11.2. The molecule has 11 heteroatoms. The van der Waals surface area contributed by atoms with E-state index in [4.69, 9.17) is 21.1 Å². The van der Waals surface area contributed by atoms with Gasteiger partial charge < -0.3 is 9.47 Å². The van der Waals surface area contributed by atoms with Crippen molar-refractivity contribution in [3.63, 3.8) is 0 Å². The van der Waals surface area contributed by atoms with Crippen LogP contribution in [0.15, 0.2) is 76.4 Å². The SMILES string of the molecule is COc1ccc(-n2c(C)nnc2S[C@@H](C[N+](=O)[O-])c2ccc(OCc3ccc(Br)cc3)c(Cl)c2)cc1. The molecular formula is C25H22BrClN4O4S. The largest absolute Gasteiger partial charge is 0.497 e. The topological polar surface area (TPSA) is 92.3 Å². The second-order valence-electron chi connectivity index (χ2n) is 7.79. The number of nitrogens with zero attached hydrogens (tertiary/aromatic N) is 4. The number of halogens is 2. The molecule has 3 aromatic carbocycles. The van der Waals surface area contributed by atoms with Crippen LogP contribution < -0.4 is 9.47 Å². The number of ether oxygens (including phenoxy) is 2. The summed E-state index contributed by atoms with van der Waals surface area (Å²) < 4.78 is 13.9. The Hall–Kier alpha value is -3.08. The highest BCUT2D eigenvalue weighted by molar-refractivity contribution is 9.10. The van der Waals surface area contributed by atoms with Crippen LogP contribution in [-0.2, 0) is 6.61 Å². The van der Waals surface area contributed by atoms with Crippen molar-refractivity contribution in [1.82, 2.24) is 14.8 Å². The summed E-state index contributed by atoms with van der Waals surface area (Å²) in [6.07, 6.45) is 0. The zero-order chi connectivity index (χ0) is 25.7. The first kappa shape index (κ1) is 26.0. The Labute approximate surface area is 225 Å². The van der Waals surface area contributed by atoms with Crippen molar-refractivity contribution < 1.29 is 14.4 Å². The van der Waals surface area contributed by atoms with Gasteiger partial charge in [-0.1, -0.05) is 57.5 Å². The first-order chi connectivity index (χ1) is 17.3. The highest BCUT2D eigenvalue weighted by Crippen LogP contribution is 2.39. The highest BCUT2D eigenvalue weighted by atomic mass is 79.9. The Morgan fingerprint density at radius 3 is 2.47 bits per heavy atom. The maximum atomic E-state index is 11.5. The minimum atomic E-state index is -0.543. The maximum Gasteiger partial charge on any atom is 0.220 e. The van der Waals surface area contributed by atoms with Crippen molar-refractivity contribution in [3.8, 4) is 17.2 Å². The second-order valence-corrected chi connectivity index (χ2v) is 10.3. The van der Waals surface area contributed by atoms with Gasteiger partial charge in [-0.25, -0.2) is 0 Å². The number of rotatable bonds is 10. The predicted octanol–water partition coefficient (Wildman–Crippen LogP) is 6.69. The first-order valence-electron chi connectivity index (χ1n) is 10.9. The Morgan fingerprint density at radius 1 is 1.11 bits per heavy atom. The third-order valence-electron chi connectivity index (χ3n) is 5.32. The zero-order valence-electron chi connectivity index (χ0n) is 19.4. The normalized spacial score (nSPS) is 11.8. The monoisotopic (exact) mass is 588 g/mol. The summed E-state index contributed by atoms with van der Waals surface area (Å²) >= 11 is 11.2. The fourth-order valence-electron chi connectivity index (χ4n) is 3.50. The summed E-state index contributed by atoms with van der Waals surface area (Å²) in [6.45, 7) is 1.87. The van der Waals surface area contributed by atoms with Gasteiger partial charge in [-0.15, -0.1) is 10.2 Å². The van der Waals surface area contributed by atoms with E-state index in [1.807, 2.05) is 60.0 Å². The van der Waals surface area contributed by atoms with Crippen LogP contribution in [0.3, 0.4) is 0 Å². The van der Waals surface area contributed by atoms with Crippen LogP contribution >= 0.6 is 39.3 Å². The molecule has 4 aromatic rings. The number of aromatic nitrogens is 3. The molecule has 0 amide bonds. The van der Waals surface area contributed by atoms with Gasteiger partial charge in [0.15, 0.2) is 5.16 Å². The minimum Gasteiger partial charge on any atom is -0.497 e. The Bertz CT molecular complexity index is 1350. The van der Waals surface area contributed by atoms with E-state index in [-0.39, 0.29) is 11.5 Å². The Balaban J connectivity index is 1.56. The zero-order valence-corrected chi connectivity index (χ0v) is 22.6. The van der Waals surface area contributed by atoms with Gasteiger partial charge in [0.25, 0.3) is 0 Å². The molecule has 8 nitrogen and oxygen atoms in total. The number of benzene rings is 3. The standard InChI is InChI=1S/C25H22BrClN4O4S/c1-16-28-29-25(31(16)20-8-10-21(34-2)11-9-20)36-24(14-30(32)33)18-5-12-23(22(27)13-18)35-15-17-3-6-19(26)7-4-17/h3-13,24H,14-15H2,1-2H3/t24-/m0/s1. The van der Waals surface area contributed by atoms with Crippen molar-refractivity contribution >= 4 is 39.3 Å². The van der Waals surface area contributed by atoms with Gasteiger partial charge in [0.05, 0.1) is 12.1 Å². The third kappa shape index (κ3) is 6.37. The molecule has 0 aliphatic heterocycles. The summed E-state index contributed by atoms with van der Waals surface area (Å²) in [7, 11) is 1.60. The van der Waals surface area contributed by atoms with Crippen LogP contribution in [-0.4, -0.2) is 33.3 Å². The van der Waals surface area contributed by atoms with Gasteiger partial charge in [0.2, 0.25) is 6.54 Å². The summed E-state index contributed by atoms with van der Waals surface area (Å²) in [5.74, 6) is 1.89. The summed E-state index contributed by atoms with van der Waals surface area (Å²) in [5.41, 5.74) is 2.52. The van der Waals surface area contributed by atoms with Crippen molar-refractivity contribution in [1.29, 1.82) is 0 Å². The van der Waals surface area contributed by atoms with Gasteiger partial charge in [0.1, 0.15) is 29.2 Å².